The summed E-state index contributed by atoms with van der Waals surface area (Å²) in [5.74, 6) is 1.07. The molecule has 2 aliphatic heterocycles. The smallest absolute Gasteiger partial charge is 0.338 e. The average Bonchev–Trinajstić information content (AvgIpc) is 3.32. The minimum Gasteiger partial charge on any atom is -0.497 e. The highest BCUT2D eigenvalue weighted by atomic mass is 16.5. The fraction of sp³-hybridized carbons (Fsp3) is 0.385. The summed E-state index contributed by atoms with van der Waals surface area (Å²) in [4.78, 5) is 28.0. The Morgan fingerprint density at radius 1 is 1.00 bits per heavy atom. The number of nitrogens with zero attached hydrogens (tertiary/aromatic N) is 1. The van der Waals surface area contributed by atoms with Crippen LogP contribution >= 0.6 is 0 Å². The Hall–Kier alpha value is -3.52. The van der Waals surface area contributed by atoms with E-state index in [4.69, 9.17) is 14.2 Å². The van der Waals surface area contributed by atoms with Crippen LogP contribution in [-0.2, 0) is 9.53 Å². The maximum Gasteiger partial charge on any atom is 0.338 e. The number of benzene rings is 2. The molecule has 0 spiro atoms. The number of hydrogen-bond acceptors (Lipinski definition) is 6. The van der Waals surface area contributed by atoms with Gasteiger partial charge in [0.2, 0.25) is 0 Å². The number of likely N-dealkylation sites (tertiary alicyclic amines) is 1. The highest BCUT2D eigenvalue weighted by molar-refractivity contribution is 5.95. The van der Waals surface area contributed by atoms with E-state index in [9.17, 15) is 9.59 Å². The van der Waals surface area contributed by atoms with E-state index in [1.165, 1.54) is 5.56 Å². The molecular formula is C26H31N3O5. The Kier molecular flexibility index (Phi) is 7.37. The molecule has 34 heavy (non-hydrogen) atoms. The van der Waals surface area contributed by atoms with Crippen LogP contribution in [0.15, 0.2) is 59.8 Å². The van der Waals surface area contributed by atoms with Crippen LogP contribution in [0.25, 0.3) is 0 Å². The molecule has 2 N–H and O–H groups in total. The third kappa shape index (κ3) is 5.02. The molecule has 0 bridgehead atoms. The van der Waals surface area contributed by atoms with E-state index in [2.05, 4.69) is 27.7 Å². The van der Waals surface area contributed by atoms with E-state index in [1.54, 1.807) is 21.1 Å². The van der Waals surface area contributed by atoms with Gasteiger partial charge >= 0.3 is 12.0 Å². The van der Waals surface area contributed by atoms with E-state index >= 15 is 0 Å². The third-order valence-corrected chi connectivity index (χ3v) is 6.32. The van der Waals surface area contributed by atoms with Gasteiger partial charge in [-0.05, 0) is 61.7 Å². The number of urea groups is 1. The van der Waals surface area contributed by atoms with Gasteiger partial charge in [0.1, 0.15) is 11.5 Å². The van der Waals surface area contributed by atoms with Crippen LogP contribution in [0, 0.1) is 0 Å². The highest BCUT2D eigenvalue weighted by Crippen LogP contribution is 2.35. The molecule has 1 saturated heterocycles. The van der Waals surface area contributed by atoms with E-state index in [0.29, 0.717) is 23.6 Å². The normalized spacial score (nSPS) is 20.5. The Labute approximate surface area is 199 Å². The molecule has 2 aromatic carbocycles. The molecule has 2 aliphatic rings. The molecule has 4 rings (SSSR count). The first kappa shape index (κ1) is 23.6. The van der Waals surface area contributed by atoms with Gasteiger partial charge in [-0.2, -0.15) is 0 Å². The quantitative estimate of drug-likeness (QED) is 0.578. The van der Waals surface area contributed by atoms with E-state index in [-0.39, 0.29) is 18.7 Å². The molecule has 2 amide bonds. The zero-order valence-corrected chi connectivity index (χ0v) is 19.8. The van der Waals surface area contributed by atoms with Gasteiger partial charge in [-0.25, -0.2) is 9.59 Å². The number of methoxy groups -OCH3 is 2. The first-order valence-electron chi connectivity index (χ1n) is 11.5. The van der Waals surface area contributed by atoms with Crippen molar-refractivity contribution in [3.05, 3.63) is 70.9 Å². The van der Waals surface area contributed by atoms with Crippen molar-refractivity contribution in [2.45, 2.75) is 31.8 Å². The first-order valence-corrected chi connectivity index (χ1v) is 11.5. The van der Waals surface area contributed by atoms with Crippen LogP contribution in [-0.4, -0.2) is 50.8 Å². The van der Waals surface area contributed by atoms with Crippen molar-refractivity contribution in [3.63, 3.8) is 0 Å². The minimum absolute atomic E-state index is 0.188. The molecule has 2 heterocycles. The third-order valence-electron chi connectivity index (χ3n) is 6.32. The lowest BCUT2D eigenvalue weighted by atomic mass is 9.94. The number of hydrogen-bond donors (Lipinski definition) is 2. The highest BCUT2D eigenvalue weighted by Gasteiger charge is 2.36. The zero-order valence-electron chi connectivity index (χ0n) is 19.8. The summed E-state index contributed by atoms with van der Waals surface area (Å²) in [6, 6.07) is 14.6. The maximum atomic E-state index is 13.1. The second kappa shape index (κ2) is 10.6. The molecule has 180 valence electrons. The van der Waals surface area contributed by atoms with Crippen LogP contribution in [0.4, 0.5) is 4.79 Å². The number of carbonyl (C=O) groups is 2. The fourth-order valence-electron chi connectivity index (χ4n) is 4.66. The van der Waals surface area contributed by atoms with Crippen molar-refractivity contribution >= 4 is 12.0 Å². The van der Waals surface area contributed by atoms with Crippen molar-refractivity contribution in [3.8, 4) is 11.5 Å². The maximum absolute atomic E-state index is 13.1. The van der Waals surface area contributed by atoms with E-state index in [0.717, 1.165) is 30.7 Å². The molecule has 0 aliphatic carbocycles. The van der Waals surface area contributed by atoms with E-state index < -0.39 is 12.0 Å². The molecule has 0 radical (unpaired) electrons. The predicted octanol–water partition coefficient (Wildman–Crippen LogP) is 3.71. The SMILES string of the molecule is CCOC(=O)C1=C(CN2CCCC2c2ccc(OC)cc2)NC(=O)NC1c1ccc(OC)cc1. The number of nitrogens with one attached hydrogen (secondary N) is 2. The van der Waals surface area contributed by atoms with Gasteiger partial charge < -0.3 is 24.8 Å². The minimum atomic E-state index is -0.615. The van der Waals surface area contributed by atoms with Gasteiger partial charge in [0.05, 0.1) is 32.4 Å². The first-order chi connectivity index (χ1) is 16.5. The van der Waals surface area contributed by atoms with Gasteiger partial charge in [-0.3, -0.25) is 4.90 Å². The monoisotopic (exact) mass is 465 g/mol. The number of ether oxygens (including phenoxy) is 3. The number of esters is 1. The van der Waals surface area contributed by atoms with Crippen molar-refractivity contribution < 1.29 is 23.8 Å². The Morgan fingerprint density at radius 2 is 1.62 bits per heavy atom. The van der Waals surface area contributed by atoms with Crippen LogP contribution < -0.4 is 20.1 Å². The molecular weight excluding hydrogens is 434 g/mol. The fourth-order valence-corrected chi connectivity index (χ4v) is 4.66. The molecule has 0 saturated carbocycles. The van der Waals surface area contributed by atoms with Crippen LogP contribution in [0.5, 0.6) is 11.5 Å². The summed E-state index contributed by atoms with van der Waals surface area (Å²) in [5, 5.41) is 5.78. The van der Waals surface area contributed by atoms with Crippen LogP contribution in [0.3, 0.4) is 0 Å². The Morgan fingerprint density at radius 3 is 2.21 bits per heavy atom. The van der Waals surface area contributed by atoms with Crippen molar-refractivity contribution in [1.29, 1.82) is 0 Å². The molecule has 1 fully saturated rings. The second-order valence-electron chi connectivity index (χ2n) is 8.32. The van der Waals surface area contributed by atoms with Gasteiger partial charge in [0.25, 0.3) is 0 Å². The Bertz CT molecular complexity index is 1050. The lowest BCUT2D eigenvalue weighted by Crippen LogP contribution is -2.48. The standard InChI is InChI=1S/C26H31N3O5/c1-4-34-25(30)23-21(27-26(31)28-24(23)18-9-13-20(33-3)14-10-18)16-29-15-5-6-22(29)17-7-11-19(32-2)12-8-17/h7-14,22,24H,4-6,15-16H2,1-3H3,(H2,27,28,31). The van der Waals surface area contributed by atoms with E-state index in [1.807, 2.05) is 36.4 Å². The molecule has 2 unspecified atom stereocenters. The zero-order chi connectivity index (χ0) is 24.1. The topological polar surface area (TPSA) is 89.1 Å². The molecule has 2 atom stereocenters. The van der Waals surface area contributed by atoms with Crippen LogP contribution in [0.1, 0.15) is 43.0 Å². The summed E-state index contributed by atoms with van der Waals surface area (Å²) in [6.45, 7) is 3.32. The summed E-state index contributed by atoms with van der Waals surface area (Å²) in [7, 11) is 3.25. The van der Waals surface area contributed by atoms with Crippen molar-refractivity contribution in [2.24, 2.45) is 0 Å². The van der Waals surface area contributed by atoms with Gasteiger partial charge in [-0.15, -0.1) is 0 Å². The lowest BCUT2D eigenvalue weighted by molar-refractivity contribution is -0.139. The average molecular weight is 466 g/mol. The molecule has 8 nitrogen and oxygen atoms in total. The van der Waals surface area contributed by atoms with Crippen molar-refractivity contribution in [1.82, 2.24) is 15.5 Å². The molecule has 8 heteroatoms. The van der Waals surface area contributed by atoms with Gasteiger partial charge in [0, 0.05) is 18.3 Å². The molecule has 0 aromatic heterocycles. The number of carbonyl (C=O) groups excluding carboxylic acids is 2. The van der Waals surface area contributed by atoms with Gasteiger partial charge in [0.15, 0.2) is 0 Å². The molecule has 2 aromatic rings. The number of rotatable bonds is 8. The summed E-state index contributed by atoms with van der Waals surface area (Å²) in [6.07, 6.45) is 2.04. The predicted molar refractivity (Wildman–Crippen MR) is 128 cm³/mol. The summed E-state index contributed by atoms with van der Waals surface area (Å²) in [5.41, 5.74) is 2.96. The second-order valence-corrected chi connectivity index (χ2v) is 8.32. The largest absolute Gasteiger partial charge is 0.497 e. The summed E-state index contributed by atoms with van der Waals surface area (Å²) < 4.78 is 15.9. The Balaban J connectivity index is 1.67. The van der Waals surface area contributed by atoms with Gasteiger partial charge in [-0.1, -0.05) is 24.3 Å². The van der Waals surface area contributed by atoms with Crippen molar-refractivity contribution in [2.75, 3.05) is 33.9 Å². The summed E-state index contributed by atoms with van der Waals surface area (Å²) >= 11 is 0. The number of amides is 2. The lowest BCUT2D eigenvalue weighted by Gasteiger charge is -2.33. The van der Waals surface area contributed by atoms with Crippen LogP contribution in [0.2, 0.25) is 0 Å².